The van der Waals surface area contributed by atoms with Crippen LogP contribution in [0.4, 0.5) is 13.2 Å². The zero-order valence-electron chi connectivity index (χ0n) is 6.76. The molecular weight excluding hydrogens is 183 g/mol. The molecule has 0 N–H and O–H groups in total. The Morgan fingerprint density at radius 1 is 1.62 bits per heavy atom. The van der Waals surface area contributed by atoms with Gasteiger partial charge in [0.2, 0.25) is 0 Å². The number of hydrogen-bond donors (Lipinski definition) is 0. The first-order valence-electron chi connectivity index (χ1n) is 3.42. The average Bonchev–Trinajstić information content (AvgIpc) is 2.30. The number of nitriles is 1. The van der Waals surface area contributed by atoms with Crippen LogP contribution in [0.2, 0.25) is 0 Å². The van der Waals surface area contributed by atoms with Crippen molar-refractivity contribution in [3.63, 3.8) is 0 Å². The van der Waals surface area contributed by atoms with Crippen LogP contribution in [0.15, 0.2) is 6.20 Å². The first-order chi connectivity index (χ1) is 5.95. The molecular formula is C7H6F3N3. The van der Waals surface area contributed by atoms with Gasteiger partial charge >= 0.3 is 6.18 Å². The zero-order valence-corrected chi connectivity index (χ0v) is 6.76. The summed E-state index contributed by atoms with van der Waals surface area (Å²) in [6.07, 6.45) is -3.89. The van der Waals surface area contributed by atoms with E-state index in [2.05, 4.69) is 5.10 Å². The van der Waals surface area contributed by atoms with Crippen LogP contribution in [0.25, 0.3) is 0 Å². The molecule has 6 heteroatoms. The lowest BCUT2D eigenvalue weighted by molar-refractivity contribution is -0.138. The fourth-order valence-electron chi connectivity index (χ4n) is 0.977. The quantitative estimate of drug-likeness (QED) is 0.671. The number of rotatable bonds is 1. The molecule has 1 aromatic heterocycles. The normalized spacial score (nSPS) is 11.3. The molecule has 0 aromatic carbocycles. The third kappa shape index (κ3) is 1.99. The Labute approximate surface area is 72.4 Å². The monoisotopic (exact) mass is 189 g/mol. The predicted octanol–water partition coefficient (Wildman–Crippen LogP) is 1.50. The molecule has 3 nitrogen and oxygen atoms in total. The molecule has 0 fully saturated rings. The molecule has 0 unspecified atom stereocenters. The van der Waals surface area contributed by atoms with Crippen molar-refractivity contribution in [3.05, 3.63) is 17.5 Å². The highest BCUT2D eigenvalue weighted by atomic mass is 19.4. The van der Waals surface area contributed by atoms with Crippen molar-refractivity contribution in [2.75, 3.05) is 0 Å². The van der Waals surface area contributed by atoms with Crippen LogP contribution in [0.5, 0.6) is 0 Å². The highest BCUT2D eigenvalue weighted by Crippen LogP contribution is 2.31. The lowest BCUT2D eigenvalue weighted by atomic mass is 10.2. The summed E-state index contributed by atoms with van der Waals surface area (Å²) in [4.78, 5) is 0. The molecule has 70 valence electrons. The van der Waals surface area contributed by atoms with Gasteiger partial charge in [-0.1, -0.05) is 0 Å². The summed E-state index contributed by atoms with van der Waals surface area (Å²) in [6, 6.07) is 1.63. The van der Waals surface area contributed by atoms with E-state index in [1.54, 1.807) is 6.07 Å². The number of halogens is 3. The maximum absolute atomic E-state index is 12.2. The van der Waals surface area contributed by atoms with Crippen LogP contribution in [0.3, 0.4) is 0 Å². The number of aromatic nitrogens is 2. The smallest absolute Gasteiger partial charge is 0.275 e. The van der Waals surface area contributed by atoms with Crippen LogP contribution in [0, 0.1) is 11.3 Å². The standard InChI is InChI=1S/C7H6F3N3/c1-13-4-5(7(8,9)10)6(12-13)2-3-11/h4H,2H2,1H3. The SMILES string of the molecule is Cn1cc(C(F)(F)F)c(CC#N)n1. The molecule has 13 heavy (non-hydrogen) atoms. The van der Waals surface area contributed by atoms with Crippen LogP contribution in [0.1, 0.15) is 11.3 Å². The minimum absolute atomic E-state index is 0.225. The Hall–Kier alpha value is -1.51. The summed E-state index contributed by atoms with van der Waals surface area (Å²) < 4.78 is 37.7. The third-order valence-corrected chi connectivity index (χ3v) is 1.46. The van der Waals surface area contributed by atoms with Gasteiger partial charge in [-0.15, -0.1) is 0 Å². The van der Waals surface area contributed by atoms with E-state index < -0.39 is 11.7 Å². The molecule has 1 rings (SSSR count). The summed E-state index contributed by atoms with van der Waals surface area (Å²) in [5.41, 5.74) is -1.06. The molecule has 0 aliphatic carbocycles. The molecule has 0 atom stereocenters. The van der Waals surface area contributed by atoms with E-state index in [0.29, 0.717) is 0 Å². The van der Waals surface area contributed by atoms with Gasteiger partial charge in [0, 0.05) is 13.2 Å². The highest BCUT2D eigenvalue weighted by Gasteiger charge is 2.35. The Morgan fingerprint density at radius 2 is 2.23 bits per heavy atom. The second kappa shape index (κ2) is 3.09. The van der Waals surface area contributed by atoms with E-state index in [-0.39, 0.29) is 12.1 Å². The van der Waals surface area contributed by atoms with Crippen molar-refractivity contribution >= 4 is 0 Å². The van der Waals surface area contributed by atoms with Crippen molar-refractivity contribution in [2.45, 2.75) is 12.6 Å². The van der Waals surface area contributed by atoms with E-state index in [0.717, 1.165) is 10.9 Å². The molecule has 0 aliphatic rings. The van der Waals surface area contributed by atoms with Gasteiger partial charge in [0.25, 0.3) is 0 Å². The summed E-state index contributed by atoms with van der Waals surface area (Å²) in [5.74, 6) is 0. The fraction of sp³-hybridized carbons (Fsp3) is 0.429. The molecule has 0 aliphatic heterocycles. The van der Waals surface area contributed by atoms with Crippen LogP contribution in [-0.4, -0.2) is 9.78 Å². The first kappa shape index (κ1) is 9.58. The van der Waals surface area contributed by atoms with E-state index in [1.165, 1.54) is 7.05 Å². The molecule has 0 bridgehead atoms. The molecule has 0 amide bonds. The fourth-order valence-corrected chi connectivity index (χ4v) is 0.977. The van der Waals surface area contributed by atoms with Gasteiger partial charge in [-0.25, -0.2) is 0 Å². The summed E-state index contributed by atoms with van der Waals surface area (Å²) in [5, 5.41) is 11.8. The van der Waals surface area contributed by atoms with E-state index in [1.807, 2.05) is 0 Å². The summed E-state index contributed by atoms with van der Waals surface area (Å²) in [7, 11) is 1.39. The van der Waals surface area contributed by atoms with Gasteiger partial charge in [0.1, 0.15) is 0 Å². The van der Waals surface area contributed by atoms with Gasteiger partial charge in [0.15, 0.2) is 0 Å². The van der Waals surface area contributed by atoms with Crippen molar-refractivity contribution in [2.24, 2.45) is 7.05 Å². The zero-order chi connectivity index (χ0) is 10.1. The molecule has 1 heterocycles. The predicted molar refractivity (Wildman–Crippen MR) is 37.5 cm³/mol. The number of aryl methyl sites for hydroxylation is 1. The molecule has 0 saturated heterocycles. The van der Waals surface area contributed by atoms with Gasteiger partial charge in [0.05, 0.1) is 23.7 Å². The lowest BCUT2D eigenvalue weighted by Gasteiger charge is -2.03. The highest BCUT2D eigenvalue weighted by molar-refractivity contribution is 5.22. The maximum Gasteiger partial charge on any atom is 0.419 e. The Morgan fingerprint density at radius 3 is 2.69 bits per heavy atom. The van der Waals surface area contributed by atoms with E-state index in [9.17, 15) is 13.2 Å². The largest absolute Gasteiger partial charge is 0.419 e. The average molecular weight is 189 g/mol. The topological polar surface area (TPSA) is 41.6 Å². The molecule has 0 radical (unpaired) electrons. The van der Waals surface area contributed by atoms with E-state index in [4.69, 9.17) is 5.26 Å². The maximum atomic E-state index is 12.2. The summed E-state index contributed by atoms with van der Waals surface area (Å²) >= 11 is 0. The second-order valence-electron chi connectivity index (χ2n) is 2.50. The molecule has 0 saturated carbocycles. The van der Waals surface area contributed by atoms with Gasteiger partial charge in [-0.3, -0.25) is 4.68 Å². The first-order valence-corrected chi connectivity index (χ1v) is 3.42. The van der Waals surface area contributed by atoms with Crippen molar-refractivity contribution < 1.29 is 13.2 Å². The van der Waals surface area contributed by atoms with Crippen LogP contribution < -0.4 is 0 Å². The van der Waals surface area contributed by atoms with Crippen molar-refractivity contribution in [1.29, 1.82) is 5.26 Å². The lowest BCUT2D eigenvalue weighted by Crippen LogP contribution is -2.06. The Bertz CT molecular complexity index is 345. The third-order valence-electron chi connectivity index (χ3n) is 1.46. The minimum atomic E-state index is -4.43. The van der Waals surface area contributed by atoms with Crippen molar-refractivity contribution in [3.8, 4) is 6.07 Å². The Balaban J connectivity index is 3.13. The van der Waals surface area contributed by atoms with Crippen molar-refractivity contribution in [1.82, 2.24) is 9.78 Å². The molecule has 0 spiro atoms. The number of nitrogens with zero attached hydrogens (tertiary/aromatic N) is 3. The van der Waals surface area contributed by atoms with Crippen LogP contribution in [-0.2, 0) is 19.6 Å². The van der Waals surface area contributed by atoms with Crippen LogP contribution >= 0.6 is 0 Å². The van der Waals surface area contributed by atoms with Gasteiger partial charge in [-0.2, -0.15) is 23.5 Å². The minimum Gasteiger partial charge on any atom is -0.275 e. The van der Waals surface area contributed by atoms with Gasteiger partial charge in [-0.05, 0) is 0 Å². The summed E-state index contributed by atoms with van der Waals surface area (Å²) in [6.45, 7) is 0. The number of alkyl halides is 3. The molecule has 1 aromatic rings. The number of hydrogen-bond acceptors (Lipinski definition) is 2. The van der Waals surface area contributed by atoms with E-state index >= 15 is 0 Å². The second-order valence-corrected chi connectivity index (χ2v) is 2.50. The Kier molecular flexibility index (Phi) is 2.28. The van der Waals surface area contributed by atoms with Gasteiger partial charge < -0.3 is 0 Å².